The molecule has 1 aliphatic rings. The van der Waals surface area contributed by atoms with E-state index in [9.17, 15) is 13.6 Å². The molecule has 3 rings (SSSR count). The predicted octanol–water partition coefficient (Wildman–Crippen LogP) is 4.05. The Bertz CT molecular complexity index is 785. The Morgan fingerprint density at radius 2 is 1.96 bits per heavy atom. The molecule has 0 unspecified atom stereocenters. The second-order valence-corrected chi connectivity index (χ2v) is 6.74. The molecule has 25 heavy (non-hydrogen) atoms. The summed E-state index contributed by atoms with van der Waals surface area (Å²) in [6, 6.07) is 9.09. The van der Waals surface area contributed by atoms with Gasteiger partial charge in [0.15, 0.2) is 23.1 Å². The normalized spacial score (nSPS) is 13.6. The number of carbonyl (C=O) groups excluding carboxylic acids is 1. The van der Waals surface area contributed by atoms with Crippen molar-refractivity contribution in [3.63, 3.8) is 0 Å². The van der Waals surface area contributed by atoms with Crippen molar-refractivity contribution in [3.05, 3.63) is 53.6 Å². The van der Waals surface area contributed by atoms with Crippen LogP contribution >= 0.6 is 11.8 Å². The van der Waals surface area contributed by atoms with Crippen LogP contribution in [0.25, 0.3) is 0 Å². The highest BCUT2D eigenvalue weighted by atomic mass is 32.2. The number of nitrogens with one attached hydrogen (secondary N) is 1. The van der Waals surface area contributed by atoms with Crippen molar-refractivity contribution in [1.82, 2.24) is 5.32 Å². The summed E-state index contributed by atoms with van der Waals surface area (Å²) in [5.41, 5.74) is 0.922. The fraction of sp³-hybridized carbons (Fsp3) is 0.278. The monoisotopic (exact) mass is 365 g/mol. The number of hydrogen-bond acceptors (Lipinski definition) is 4. The molecule has 0 radical (unpaired) electrons. The summed E-state index contributed by atoms with van der Waals surface area (Å²) in [7, 11) is 0. The number of ether oxygens (including phenoxy) is 2. The second kappa shape index (κ2) is 7.74. The molecular weight excluding hydrogens is 348 g/mol. The molecule has 0 spiro atoms. The van der Waals surface area contributed by atoms with E-state index in [-0.39, 0.29) is 25.2 Å². The zero-order chi connectivity index (χ0) is 17.8. The fourth-order valence-corrected chi connectivity index (χ4v) is 3.28. The molecule has 2 aromatic rings. The summed E-state index contributed by atoms with van der Waals surface area (Å²) < 4.78 is 36.6. The van der Waals surface area contributed by atoms with E-state index in [2.05, 4.69) is 5.32 Å². The lowest BCUT2D eigenvalue weighted by Gasteiger charge is -2.14. The first-order valence-corrected chi connectivity index (χ1v) is 8.78. The number of thioether (sulfide) groups is 1. The minimum atomic E-state index is -0.883. The molecule has 1 aliphatic heterocycles. The zero-order valence-corrected chi connectivity index (χ0v) is 14.4. The molecule has 0 saturated carbocycles. The first-order chi connectivity index (χ1) is 12.0. The number of fused-ring (bicyclic) bond motifs is 1. The quantitative estimate of drug-likeness (QED) is 0.785. The van der Waals surface area contributed by atoms with E-state index in [1.54, 1.807) is 0 Å². The molecule has 0 saturated heterocycles. The van der Waals surface area contributed by atoms with Crippen LogP contribution in [0, 0.1) is 11.6 Å². The minimum Gasteiger partial charge on any atom is -0.454 e. The molecule has 0 aliphatic carbocycles. The van der Waals surface area contributed by atoms with Crippen LogP contribution < -0.4 is 14.8 Å². The fourth-order valence-electron chi connectivity index (χ4n) is 2.41. The van der Waals surface area contributed by atoms with Crippen LogP contribution in [0.1, 0.15) is 24.9 Å². The maximum absolute atomic E-state index is 13.1. The topological polar surface area (TPSA) is 47.6 Å². The van der Waals surface area contributed by atoms with Crippen molar-refractivity contribution < 1.29 is 23.0 Å². The largest absolute Gasteiger partial charge is 0.454 e. The van der Waals surface area contributed by atoms with Gasteiger partial charge in [0.1, 0.15) is 0 Å². The molecule has 1 amide bonds. The van der Waals surface area contributed by atoms with Crippen LogP contribution in [0.3, 0.4) is 0 Å². The summed E-state index contributed by atoms with van der Waals surface area (Å²) in [6.07, 6.45) is 0.276. The van der Waals surface area contributed by atoms with Crippen LogP contribution in [0.4, 0.5) is 8.78 Å². The molecule has 0 bridgehead atoms. The molecule has 0 fully saturated rings. The summed E-state index contributed by atoms with van der Waals surface area (Å²) in [6.45, 7) is 2.10. The summed E-state index contributed by atoms with van der Waals surface area (Å²) in [5.74, 6) is -0.0198. The van der Waals surface area contributed by atoms with Crippen molar-refractivity contribution in [2.24, 2.45) is 0 Å². The van der Waals surface area contributed by atoms with Crippen molar-refractivity contribution in [3.8, 4) is 11.5 Å². The van der Waals surface area contributed by atoms with E-state index >= 15 is 0 Å². The molecule has 1 N–H and O–H groups in total. The molecule has 1 heterocycles. The maximum atomic E-state index is 13.1. The van der Waals surface area contributed by atoms with Crippen molar-refractivity contribution in [1.29, 1.82) is 0 Å². The summed E-state index contributed by atoms with van der Waals surface area (Å²) >= 11 is 1.31. The van der Waals surface area contributed by atoms with Crippen molar-refractivity contribution >= 4 is 17.7 Å². The van der Waals surface area contributed by atoms with Gasteiger partial charge < -0.3 is 14.8 Å². The predicted molar refractivity (Wildman–Crippen MR) is 90.8 cm³/mol. The highest BCUT2D eigenvalue weighted by molar-refractivity contribution is 7.99. The van der Waals surface area contributed by atoms with Crippen molar-refractivity contribution in [2.45, 2.75) is 24.3 Å². The van der Waals surface area contributed by atoms with Crippen LogP contribution in [0.15, 0.2) is 41.3 Å². The van der Waals surface area contributed by atoms with E-state index in [1.165, 1.54) is 17.8 Å². The summed E-state index contributed by atoms with van der Waals surface area (Å²) in [5, 5.41) is 2.91. The van der Waals surface area contributed by atoms with Gasteiger partial charge in [-0.1, -0.05) is 6.07 Å². The third-order valence-corrected chi connectivity index (χ3v) is 4.76. The first kappa shape index (κ1) is 17.5. The lowest BCUT2D eigenvalue weighted by atomic mass is 10.1. The molecular formula is C18H17F2NO3S. The lowest BCUT2D eigenvalue weighted by Crippen LogP contribution is -2.26. The van der Waals surface area contributed by atoms with E-state index < -0.39 is 11.6 Å². The second-order valence-electron chi connectivity index (χ2n) is 5.58. The number of rotatable bonds is 6. The maximum Gasteiger partial charge on any atom is 0.231 e. The number of carbonyl (C=O) groups is 1. The van der Waals surface area contributed by atoms with E-state index in [4.69, 9.17) is 9.47 Å². The van der Waals surface area contributed by atoms with Gasteiger partial charge in [-0.25, -0.2) is 8.78 Å². The van der Waals surface area contributed by atoms with Gasteiger partial charge in [0.2, 0.25) is 12.7 Å². The van der Waals surface area contributed by atoms with Crippen LogP contribution in [0.5, 0.6) is 11.5 Å². The van der Waals surface area contributed by atoms with E-state index in [0.717, 1.165) is 17.7 Å². The van der Waals surface area contributed by atoms with Gasteiger partial charge in [-0.05, 0) is 42.8 Å². The Hall–Kier alpha value is -2.28. The van der Waals surface area contributed by atoms with Crippen LogP contribution in [-0.2, 0) is 4.79 Å². The number of halogens is 2. The Labute approximate surface area is 148 Å². The molecule has 0 aromatic heterocycles. The molecule has 2 aromatic carbocycles. The lowest BCUT2D eigenvalue weighted by molar-refractivity contribution is -0.121. The van der Waals surface area contributed by atoms with Gasteiger partial charge in [0.05, 0.1) is 6.04 Å². The smallest absolute Gasteiger partial charge is 0.231 e. The van der Waals surface area contributed by atoms with E-state index in [0.29, 0.717) is 22.1 Å². The third-order valence-electron chi connectivity index (χ3n) is 3.76. The highest BCUT2D eigenvalue weighted by Gasteiger charge is 2.16. The van der Waals surface area contributed by atoms with Gasteiger partial charge >= 0.3 is 0 Å². The number of amides is 1. The average Bonchev–Trinajstić information content (AvgIpc) is 3.05. The van der Waals surface area contributed by atoms with Gasteiger partial charge in [-0.2, -0.15) is 0 Å². The van der Waals surface area contributed by atoms with Gasteiger partial charge in [-0.15, -0.1) is 11.8 Å². The molecule has 132 valence electrons. The Morgan fingerprint density at radius 3 is 2.76 bits per heavy atom. The Kier molecular flexibility index (Phi) is 5.43. The Morgan fingerprint density at radius 1 is 1.16 bits per heavy atom. The van der Waals surface area contributed by atoms with Gasteiger partial charge in [0.25, 0.3) is 0 Å². The molecule has 4 nitrogen and oxygen atoms in total. The third kappa shape index (κ3) is 4.42. The van der Waals surface area contributed by atoms with Crippen molar-refractivity contribution in [2.75, 3.05) is 12.5 Å². The van der Waals surface area contributed by atoms with Gasteiger partial charge in [-0.3, -0.25) is 4.79 Å². The highest BCUT2D eigenvalue weighted by Crippen LogP contribution is 2.34. The number of hydrogen-bond donors (Lipinski definition) is 1. The average molecular weight is 365 g/mol. The van der Waals surface area contributed by atoms with Crippen LogP contribution in [0.2, 0.25) is 0 Å². The standard InChI is InChI=1S/C18H17F2NO3S/c1-11(12-2-5-16-17(8-12)24-10-23-16)21-18(22)6-7-25-13-3-4-14(19)15(20)9-13/h2-5,8-9,11H,6-7,10H2,1H3,(H,21,22)/t11-/m0/s1. The molecule has 7 heteroatoms. The summed E-state index contributed by atoms with van der Waals surface area (Å²) in [4.78, 5) is 12.7. The van der Waals surface area contributed by atoms with E-state index in [1.807, 2.05) is 25.1 Å². The van der Waals surface area contributed by atoms with Crippen LogP contribution in [-0.4, -0.2) is 18.5 Å². The Balaban J connectivity index is 1.48. The SMILES string of the molecule is C[C@H](NC(=O)CCSc1ccc(F)c(F)c1)c1ccc2c(c1)OCO2. The first-order valence-electron chi connectivity index (χ1n) is 7.79. The van der Waals surface area contributed by atoms with Gasteiger partial charge in [0, 0.05) is 17.1 Å². The minimum absolute atomic E-state index is 0.111. The molecule has 1 atom stereocenters. The number of benzene rings is 2. The zero-order valence-electron chi connectivity index (χ0n) is 13.6.